The first-order valence-electron chi connectivity index (χ1n) is 2.00. The Morgan fingerprint density at radius 1 is 0.348 bits per heavy atom. The third kappa shape index (κ3) is 3630. The maximum Gasteiger partial charge on any atom is 3.00 e. The van der Waals surface area contributed by atoms with E-state index in [1.807, 2.05) is 0 Å². The van der Waals surface area contributed by atoms with Crippen molar-refractivity contribution in [3.05, 3.63) is 0 Å². The van der Waals surface area contributed by atoms with Gasteiger partial charge in [-0.2, -0.15) is 0 Å². The molecule has 0 rings (SSSR count). The van der Waals surface area contributed by atoms with Gasteiger partial charge in [-0.05, 0) is 0 Å². The summed E-state index contributed by atoms with van der Waals surface area (Å²) in [6.45, 7) is 0. The van der Waals surface area contributed by atoms with Crippen LogP contribution in [0.25, 0.3) is 0 Å². The van der Waals surface area contributed by atoms with E-state index in [1.54, 1.807) is 0 Å². The Labute approximate surface area is 185 Å². The molecule has 0 aromatic carbocycles. The average molecular weight is 674 g/mol. The summed E-state index contributed by atoms with van der Waals surface area (Å²) in [5, 5.41) is 0. The molecule has 12 N–H and O–H groups in total. The van der Waals surface area contributed by atoms with Crippen LogP contribution in [0.2, 0.25) is 0 Å². The molecular formula is H12La2O18S3. The minimum atomic E-state index is -5.17. The Morgan fingerprint density at radius 2 is 0.348 bits per heavy atom. The van der Waals surface area contributed by atoms with Gasteiger partial charge in [0.25, 0.3) is 0 Å². The Balaban J connectivity index is -0.00000000889. The topological polar surface area (TPSA) is 430 Å². The smallest absolute Gasteiger partial charge is 0.759 e. The Bertz CT molecular complexity index is 343. The first-order valence-corrected chi connectivity index (χ1v) is 6.00. The largest absolute Gasteiger partial charge is 3.00 e. The van der Waals surface area contributed by atoms with Crippen molar-refractivity contribution in [2.24, 2.45) is 0 Å². The molecule has 0 heterocycles. The van der Waals surface area contributed by atoms with Crippen molar-refractivity contribution in [1.82, 2.24) is 0 Å². The Kier molecular flexibility index (Phi) is 101. The predicted molar refractivity (Wildman–Crippen MR) is 53.1 cm³/mol. The van der Waals surface area contributed by atoms with E-state index in [0.717, 1.165) is 0 Å². The summed E-state index contributed by atoms with van der Waals surface area (Å²) in [5.74, 6) is 0. The van der Waals surface area contributed by atoms with Gasteiger partial charge in [0.2, 0.25) is 0 Å². The number of rotatable bonds is 0. The van der Waals surface area contributed by atoms with E-state index >= 15 is 0 Å². The first-order chi connectivity index (χ1) is 6.00. The molecule has 0 aliphatic heterocycles. The van der Waals surface area contributed by atoms with Crippen LogP contribution in [0.5, 0.6) is 0 Å². The van der Waals surface area contributed by atoms with E-state index < -0.39 is 31.2 Å². The fourth-order valence-corrected chi connectivity index (χ4v) is 0. The molecule has 0 aliphatic carbocycles. The molecule has 18 nitrogen and oxygen atoms in total. The van der Waals surface area contributed by atoms with Crippen LogP contribution < -0.4 is 0 Å². The molecule has 23 heavy (non-hydrogen) atoms. The third-order valence-electron chi connectivity index (χ3n) is 0. The normalized spacial score (nSPS) is 7.57. The molecule has 0 saturated heterocycles. The minimum Gasteiger partial charge on any atom is -0.759 e. The average Bonchev–Trinajstić information content (AvgIpc) is 1.41. The molecule has 0 bridgehead atoms. The maximum absolute atomic E-state index is 8.52. The Hall–Kier alpha value is 1.76. The van der Waals surface area contributed by atoms with Gasteiger partial charge in [-0.15, -0.1) is 0 Å². The minimum absolute atomic E-state index is 0. The van der Waals surface area contributed by atoms with Crippen molar-refractivity contribution >= 4 is 31.2 Å². The van der Waals surface area contributed by atoms with E-state index in [2.05, 4.69) is 0 Å². The van der Waals surface area contributed by atoms with Crippen LogP contribution in [0.1, 0.15) is 0 Å². The second-order valence-corrected chi connectivity index (χ2v) is 3.67. The summed E-state index contributed by atoms with van der Waals surface area (Å²) in [4.78, 5) is 0. The summed E-state index contributed by atoms with van der Waals surface area (Å²) in [6, 6.07) is 0. The second-order valence-electron chi connectivity index (χ2n) is 1.22. The van der Waals surface area contributed by atoms with Crippen LogP contribution in [0.4, 0.5) is 0 Å². The summed E-state index contributed by atoms with van der Waals surface area (Å²) in [6.07, 6.45) is 0. The molecule has 0 aromatic heterocycles. The molecule has 0 spiro atoms. The quantitative estimate of drug-likeness (QED) is 0.171. The molecule has 0 aliphatic rings. The van der Waals surface area contributed by atoms with Crippen LogP contribution in [-0.2, 0) is 31.2 Å². The second kappa shape index (κ2) is 31.5. The molecule has 0 fully saturated rings. The van der Waals surface area contributed by atoms with Gasteiger partial charge in [-0.25, -0.2) is 0 Å². The van der Waals surface area contributed by atoms with Crippen molar-refractivity contribution in [3.63, 3.8) is 0 Å². The first kappa shape index (κ1) is 73.8. The molecule has 0 atom stereocenters. The standard InChI is InChI=1S/2La.3H2O4S.6H2O/c;;3*1-5(2,3)4;;;;;;/h;;3*(H2,1,2,3,4);6*1H2/q2*+3;;;;;;;;;/p-6. The van der Waals surface area contributed by atoms with Crippen LogP contribution in [0.3, 0.4) is 0 Å². The predicted octanol–water partition coefficient (Wildman–Crippen LogP) is -8.96. The van der Waals surface area contributed by atoms with Crippen LogP contribution >= 0.6 is 0 Å². The monoisotopic (exact) mass is 674 g/mol. The van der Waals surface area contributed by atoms with Crippen LogP contribution in [0, 0.1) is 71.2 Å². The number of hydrogen-bond donors (Lipinski definition) is 0. The molecule has 0 saturated carbocycles. The molecular weight excluding hydrogens is 662 g/mol. The van der Waals surface area contributed by atoms with Crippen molar-refractivity contribution in [3.8, 4) is 0 Å². The summed E-state index contributed by atoms with van der Waals surface area (Å²) >= 11 is 0. The molecule has 0 unspecified atom stereocenters. The van der Waals surface area contributed by atoms with Gasteiger partial charge in [-0.1, -0.05) is 0 Å². The maximum atomic E-state index is 8.52. The Morgan fingerprint density at radius 3 is 0.348 bits per heavy atom. The fraction of sp³-hybridized carbons (Fsp3) is 0. The number of hydrogen-bond acceptors (Lipinski definition) is 12. The molecule has 23 heteroatoms. The van der Waals surface area contributed by atoms with Crippen LogP contribution in [-0.4, -0.2) is 85.4 Å². The van der Waals surface area contributed by atoms with Gasteiger partial charge in [-0.3, -0.25) is 25.3 Å². The molecule has 144 valence electrons. The third-order valence-corrected chi connectivity index (χ3v) is 0. The van der Waals surface area contributed by atoms with E-state index in [0.29, 0.717) is 0 Å². The van der Waals surface area contributed by atoms with E-state index in [1.165, 1.54) is 0 Å². The zero-order valence-electron chi connectivity index (χ0n) is 10.3. The van der Waals surface area contributed by atoms with Gasteiger partial charge < -0.3 is 60.2 Å². The van der Waals surface area contributed by atoms with E-state index in [4.69, 9.17) is 52.6 Å². The van der Waals surface area contributed by atoms with Crippen molar-refractivity contribution < 1.29 is 157 Å². The summed E-state index contributed by atoms with van der Waals surface area (Å²) in [5.41, 5.74) is 0. The van der Waals surface area contributed by atoms with Crippen molar-refractivity contribution in [1.29, 1.82) is 0 Å². The van der Waals surface area contributed by atoms with E-state index in [-0.39, 0.29) is 104 Å². The zero-order chi connectivity index (χ0) is 13.5. The summed E-state index contributed by atoms with van der Waals surface area (Å²) in [7, 11) is -15.5. The fourth-order valence-electron chi connectivity index (χ4n) is 0. The van der Waals surface area contributed by atoms with Crippen molar-refractivity contribution in [2.75, 3.05) is 0 Å². The zero-order valence-corrected chi connectivity index (χ0v) is 20.0. The van der Waals surface area contributed by atoms with Crippen molar-refractivity contribution in [2.45, 2.75) is 0 Å². The van der Waals surface area contributed by atoms with Gasteiger partial charge in [0, 0.05) is 31.2 Å². The molecule has 0 amide bonds. The van der Waals surface area contributed by atoms with Gasteiger partial charge >= 0.3 is 71.2 Å². The molecule has 0 radical (unpaired) electrons. The molecule has 0 aromatic rings. The van der Waals surface area contributed by atoms with E-state index in [9.17, 15) is 0 Å². The van der Waals surface area contributed by atoms with Gasteiger partial charge in [0.1, 0.15) is 0 Å². The van der Waals surface area contributed by atoms with Gasteiger partial charge in [0.15, 0.2) is 0 Å². The SMILES string of the molecule is O.O.O.O.O.O.O=S(=O)([O-])[O-].O=S(=O)([O-])[O-].O=S(=O)([O-])[O-].[La+3].[La+3]. The van der Waals surface area contributed by atoms with Gasteiger partial charge in [0.05, 0.1) is 0 Å². The summed E-state index contributed by atoms with van der Waals surface area (Å²) < 4.78 is 102. The van der Waals surface area contributed by atoms with Crippen LogP contribution in [0.15, 0.2) is 0 Å².